The maximum Gasteiger partial charge on any atom is 0.329 e. The number of nitrogen functional groups attached to an aromatic ring is 1. The molecule has 6 nitrogen and oxygen atoms in total. The lowest BCUT2D eigenvalue weighted by Crippen LogP contribution is -2.56. The van der Waals surface area contributed by atoms with Gasteiger partial charge in [0.2, 0.25) is 5.91 Å². The van der Waals surface area contributed by atoms with E-state index in [2.05, 4.69) is 17.2 Å². The molecule has 0 saturated heterocycles. The van der Waals surface area contributed by atoms with Crippen molar-refractivity contribution in [3.63, 3.8) is 0 Å². The Hall–Kier alpha value is -1.63. The van der Waals surface area contributed by atoms with Crippen LogP contribution in [-0.4, -0.2) is 27.5 Å². The van der Waals surface area contributed by atoms with Gasteiger partial charge in [-0.2, -0.15) is 0 Å². The molecule has 1 aromatic heterocycles. The zero-order chi connectivity index (χ0) is 15.5. The van der Waals surface area contributed by atoms with Gasteiger partial charge in [-0.25, -0.2) is 9.78 Å². The molecule has 21 heavy (non-hydrogen) atoms. The van der Waals surface area contributed by atoms with E-state index in [-0.39, 0.29) is 12.3 Å². The number of aromatic nitrogens is 1. The molecule has 116 valence electrons. The number of thiazole rings is 1. The molecule has 0 atom stereocenters. The van der Waals surface area contributed by atoms with E-state index in [9.17, 15) is 14.7 Å². The van der Waals surface area contributed by atoms with Crippen LogP contribution in [0.2, 0.25) is 0 Å². The van der Waals surface area contributed by atoms with Crippen LogP contribution in [0, 0.1) is 5.92 Å². The minimum atomic E-state index is -1.12. The zero-order valence-corrected chi connectivity index (χ0v) is 12.9. The lowest BCUT2D eigenvalue weighted by molar-refractivity contribution is -0.149. The van der Waals surface area contributed by atoms with E-state index in [0.29, 0.717) is 29.6 Å². The Morgan fingerprint density at radius 1 is 1.52 bits per heavy atom. The molecule has 4 N–H and O–H groups in total. The van der Waals surface area contributed by atoms with Crippen LogP contribution in [0.4, 0.5) is 5.13 Å². The van der Waals surface area contributed by atoms with Crippen LogP contribution in [0.1, 0.15) is 44.7 Å². The van der Waals surface area contributed by atoms with E-state index in [1.807, 2.05) is 0 Å². The third-order valence-electron chi connectivity index (χ3n) is 4.24. The highest BCUT2D eigenvalue weighted by Gasteiger charge is 2.42. The van der Waals surface area contributed by atoms with Gasteiger partial charge in [0.1, 0.15) is 5.54 Å². The van der Waals surface area contributed by atoms with Crippen molar-refractivity contribution >= 4 is 28.3 Å². The molecular formula is C14H21N3O3S. The van der Waals surface area contributed by atoms with Crippen molar-refractivity contribution in [3.05, 3.63) is 11.1 Å². The van der Waals surface area contributed by atoms with E-state index in [0.717, 1.165) is 19.3 Å². The highest BCUT2D eigenvalue weighted by atomic mass is 32.1. The lowest BCUT2D eigenvalue weighted by atomic mass is 9.75. The van der Waals surface area contributed by atoms with Crippen molar-refractivity contribution in [1.82, 2.24) is 10.3 Å². The Labute approximate surface area is 127 Å². The van der Waals surface area contributed by atoms with Crippen LogP contribution >= 0.6 is 11.3 Å². The summed E-state index contributed by atoms with van der Waals surface area (Å²) >= 11 is 1.27. The first-order valence-electron chi connectivity index (χ1n) is 7.19. The van der Waals surface area contributed by atoms with E-state index >= 15 is 0 Å². The molecule has 1 heterocycles. The number of carboxylic acids is 1. The third kappa shape index (κ3) is 3.72. The predicted octanol–water partition coefficient (Wildman–Crippen LogP) is 1.81. The summed E-state index contributed by atoms with van der Waals surface area (Å²) in [5.41, 5.74) is 4.99. The second kappa shape index (κ2) is 6.43. The molecule has 0 spiro atoms. The number of carboxylic acid groups (broad SMARTS) is 1. The standard InChI is InChI=1S/C14H21N3O3S/c1-2-9-3-5-14(6-4-9,12(19)20)17-11(18)7-10-8-21-13(15)16-10/h8-9H,2-7H2,1H3,(H2,15,16)(H,17,18)(H,19,20). The number of nitrogens with one attached hydrogen (secondary N) is 1. The number of amides is 1. The van der Waals surface area contributed by atoms with E-state index in [1.54, 1.807) is 5.38 Å². The van der Waals surface area contributed by atoms with Gasteiger partial charge in [0.25, 0.3) is 0 Å². The number of hydrogen-bond acceptors (Lipinski definition) is 5. The highest BCUT2D eigenvalue weighted by Crippen LogP contribution is 2.34. The second-order valence-electron chi connectivity index (χ2n) is 5.64. The molecule has 0 radical (unpaired) electrons. The van der Waals surface area contributed by atoms with Gasteiger partial charge in [0, 0.05) is 5.38 Å². The lowest BCUT2D eigenvalue weighted by Gasteiger charge is -2.37. The van der Waals surface area contributed by atoms with Gasteiger partial charge in [-0.3, -0.25) is 4.79 Å². The summed E-state index contributed by atoms with van der Waals surface area (Å²) in [5.74, 6) is -0.687. The van der Waals surface area contributed by atoms with Crippen molar-refractivity contribution < 1.29 is 14.7 Å². The van der Waals surface area contributed by atoms with Gasteiger partial charge >= 0.3 is 5.97 Å². The van der Waals surface area contributed by atoms with E-state index in [1.165, 1.54) is 11.3 Å². The van der Waals surface area contributed by atoms with Crippen molar-refractivity contribution in [2.75, 3.05) is 5.73 Å². The van der Waals surface area contributed by atoms with Crippen LogP contribution in [0.3, 0.4) is 0 Å². The number of nitrogens with two attached hydrogens (primary N) is 1. The molecule has 7 heteroatoms. The number of nitrogens with zero attached hydrogens (tertiary/aromatic N) is 1. The Morgan fingerprint density at radius 2 is 2.19 bits per heavy atom. The maximum atomic E-state index is 12.1. The third-order valence-corrected chi connectivity index (χ3v) is 4.96. The molecule has 2 rings (SSSR count). The summed E-state index contributed by atoms with van der Waals surface area (Å²) in [6.45, 7) is 2.11. The summed E-state index contributed by atoms with van der Waals surface area (Å²) in [7, 11) is 0. The van der Waals surface area contributed by atoms with Crippen molar-refractivity contribution in [1.29, 1.82) is 0 Å². The summed E-state index contributed by atoms with van der Waals surface area (Å²) in [5, 5.41) is 14.4. The quantitative estimate of drug-likeness (QED) is 0.769. The molecule has 1 amide bonds. The summed E-state index contributed by atoms with van der Waals surface area (Å²) in [4.78, 5) is 27.7. The fourth-order valence-corrected chi connectivity index (χ4v) is 3.41. The van der Waals surface area contributed by atoms with Crippen LogP contribution in [0.5, 0.6) is 0 Å². The Morgan fingerprint density at radius 3 is 2.67 bits per heavy atom. The molecule has 1 aliphatic rings. The molecule has 0 aromatic carbocycles. The van der Waals surface area contributed by atoms with Crippen LogP contribution < -0.4 is 11.1 Å². The van der Waals surface area contributed by atoms with Crippen molar-refractivity contribution in [2.45, 2.75) is 51.0 Å². The number of carbonyl (C=O) groups excluding carboxylic acids is 1. The van der Waals surface area contributed by atoms with Crippen molar-refractivity contribution in [2.24, 2.45) is 5.92 Å². The highest BCUT2D eigenvalue weighted by molar-refractivity contribution is 7.13. The number of anilines is 1. The first-order valence-corrected chi connectivity index (χ1v) is 8.07. The molecule has 1 fully saturated rings. The van der Waals surface area contributed by atoms with E-state index in [4.69, 9.17) is 5.73 Å². The fourth-order valence-electron chi connectivity index (χ4n) is 2.85. The van der Waals surface area contributed by atoms with Crippen LogP contribution in [-0.2, 0) is 16.0 Å². The minimum Gasteiger partial charge on any atom is -0.480 e. The minimum absolute atomic E-state index is 0.0694. The molecule has 1 saturated carbocycles. The molecule has 0 bridgehead atoms. The van der Waals surface area contributed by atoms with Crippen LogP contribution in [0.15, 0.2) is 5.38 Å². The second-order valence-corrected chi connectivity index (χ2v) is 6.53. The largest absolute Gasteiger partial charge is 0.480 e. The molecule has 1 aromatic rings. The van der Waals surface area contributed by atoms with Gasteiger partial charge in [-0.1, -0.05) is 13.3 Å². The number of carbonyl (C=O) groups is 2. The van der Waals surface area contributed by atoms with Gasteiger partial charge in [-0.15, -0.1) is 11.3 Å². The SMILES string of the molecule is CCC1CCC(NC(=O)Cc2csc(N)n2)(C(=O)O)CC1. The summed E-state index contributed by atoms with van der Waals surface area (Å²) < 4.78 is 0. The summed E-state index contributed by atoms with van der Waals surface area (Å²) in [6, 6.07) is 0. The molecule has 1 aliphatic carbocycles. The number of aliphatic carboxylic acids is 1. The normalized spacial score (nSPS) is 25.5. The monoisotopic (exact) mass is 311 g/mol. The Kier molecular flexibility index (Phi) is 4.82. The average Bonchev–Trinajstić information content (AvgIpc) is 2.84. The average molecular weight is 311 g/mol. The Bertz CT molecular complexity index is 521. The number of hydrogen-bond donors (Lipinski definition) is 3. The predicted molar refractivity (Wildman–Crippen MR) is 81.0 cm³/mol. The van der Waals surface area contributed by atoms with Crippen molar-refractivity contribution in [3.8, 4) is 0 Å². The van der Waals surface area contributed by atoms with E-state index < -0.39 is 11.5 Å². The first-order chi connectivity index (χ1) is 9.95. The van der Waals surface area contributed by atoms with Gasteiger partial charge in [0.05, 0.1) is 12.1 Å². The zero-order valence-electron chi connectivity index (χ0n) is 12.1. The smallest absolute Gasteiger partial charge is 0.329 e. The topological polar surface area (TPSA) is 105 Å². The molecule has 0 unspecified atom stereocenters. The molecular weight excluding hydrogens is 290 g/mol. The van der Waals surface area contributed by atoms with Gasteiger partial charge in [-0.05, 0) is 31.6 Å². The Balaban J connectivity index is 2.00. The molecule has 0 aliphatic heterocycles. The van der Waals surface area contributed by atoms with Gasteiger partial charge in [0.15, 0.2) is 5.13 Å². The van der Waals surface area contributed by atoms with Gasteiger partial charge < -0.3 is 16.2 Å². The first kappa shape index (κ1) is 15.8. The maximum absolute atomic E-state index is 12.1. The van der Waals surface area contributed by atoms with Crippen LogP contribution in [0.25, 0.3) is 0 Å². The summed E-state index contributed by atoms with van der Waals surface area (Å²) in [6.07, 6.45) is 3.79. The number of rotatable bonds is 5. The fraction of sp³-hybridized carbons (Fsp3) is 0.643.